The zero-order chi connectivity index (χ0) is 16.1. The van der Waals surface area contributed by atoms with Gasteiger partial charge in [0.15, 0.2) is 0 Å². The first-order valence-corrected chi connectivity index (χ1v) is 6.53. The quantitative estimate of drug-likeness (QED) is 0.886. The third-order valence-corrected chi connectivity index (χ3v) is 2.98. The van der Waals surface area contributed by atoms with Gasteiger partial charge in [-0.1, -0.05) is 30.3 Å². The predicted octanol–water partition coefficient (Wildman–Crippen LogP) is 2.56. The number of halogens is 2. The standard InChI is InChI=1S/C16H14F2N2O2/c1-20(10-11-5-3-2-4-6-11)16(22)15(21)19-14-9-12(17)7-8-13(14)18/h2-9H,10H2,1H3,(H,19,21). The van der Waals surface area contributed by atoms with E-state index >= 15 is 0 Å². The van der Waals surface area contributed by atoms with Crippen molar-refractivity contribution in [3.05, 3.63) is 65.7 Å². The number of rotatable bonds is 3. The molecule has 0 saturated heterocycles. The van der Waals surface area contributed by atoms with Gasteiger partial charge in [-0.2, -0.15) is 0 Å². The van der Waals surface area contributed by atoms with Crippen molar-refractivity contribution >= 4 is 17.5 Å². The molecule has 2 rings (SSSR count). The molecular weight excluding hydrogens is 290 g/mol. The molecule has 0 aliphatic rings. The first kappa shape index (κ1) is 15.6. The summed E-state index contributed by atoms with van der Waals surface area (Å²) in [6.07, 6.45) is 0. The molecule has 0 bridgehead atoms. The number of amides is 2. The van der Waals surface area contributed by atoms with Gasteiger partial charge in [0, 0.05) is 19.7 Å². The van der Waals surface area contributed by atoms with E-state index in [-0.39, 0.29) is 12.2 Å². The predicted molar refractivity (Wildman–Crippen MR) is 77.9 cm³/mol. The van der Waals surface area contributed by atoms with Crippen LogP contribution in [-0.2, 0) is 16.1 Å². The molecule has 4 nitrogen and oxygen atoms in total. The highest BCUT2D eigenvalue weighted by Gasteiger charge is 2.20. The molecule has 0 aliphatic heterocycles. The summed E-state index contributed by atoms with van der Waals surface area (Å²) in [6, 6.07) is 11.7. The highest BCUT2D eigenvalue weighted by Crippen LogP contribution is 2.15. The molecule has 2 aromatic carbocycles. The van der Waals surface area contributed by atoms with Gasteiger partial charge in [0.1, 0.15) is 11.6 Å². The minimum atomic E-state index is -1.03. The van der Waals surface area contributed by atoms with Crippen LogP contribution in [0.4, 0.5) is 14.5 Å². The van der Waals surface area contributed by atoms with Crippen LogP contribution in [0.2, 0.25) is 0 Å². The third kappa shape index (κ3) is 3.88. The van der Waals surface area contributed by atoms with E-state index in [9.17, 15) is 18.4 Å². The molecule has 0 spiro atoms. The Hall–Kier alpha value is -2.76. The van der Waals surface area contributed by atoms with Crippen LogP contribution >= 0.6 is 0 Å². The maximum atomic E-state index is 13.4. The van der Waals surface area contributed by atoms with Gasteiger partial charge in [-0.25, -0.2) is 8.78 Å². The van der Waals surface area contributed by atoms with Crippen molar-refractivity contribution in [3.8, 4) is 0 Å². The van der Waals surface area contributed by atoms with Gasteiger partial charge in [0.25, 0.3) is 0 Å². The van der Waals surface area contributed by atoms with E-state index in [1.54, 1.807) is 0 Å². The minimum absolute atomic E-state index is 0.235. The molecule has 2 amide bonds. The molecular formula is C16H14F2N2O2. The highest BCUT2D eigenvalue weighted by molar-refractivity contribution is 6.39. The summed E-state index contributed by atoms with van der Waals surface area (Å²) in [6.45, 7) is 0.235. The molecule has 0 aromatic heterocycles. The lowest BCUT2D eigenvalue weighted by molar-refractivity contribution is -0.142. The molecule has 6 heteroatoms. The molecule has 0 saturated carbocycles. The summed E-state index contributed by atoms with van der Waals surface area (Å²) < 4.78 is 26.5. The Morgan fingerprint density at radius 1 is 1.09 bits per heavy atom. The zero-order valence-electron chi connectivity index (χ0n) is 11.8. The van der Waals surface area contributed by atoms with Crippen LogP contribution in [0.15, 0.2) is 48.5 Å². The topological polar surface area (TPSA) is 49.4 Å². The van der Waals surface area contributed by atoms with E-state index < -0.39 is 23.4 Å². The number of benzene rings is 2. The second kappa shape index (κ2) is 6.80. The fourth-order valence-electron chi connectivity index (χ4n) is 1.87. The summed E-state index contributed by atoms with van der Waals surface area (Å²) in [5, 5.41) is 2.07. The van der Waals surface area contributed by atoms with Crippen molar-refractivity contribution in [1.82, 2.24) is 4.90 Å². The van der Waals surface area contributed by atoms with E-state index in [1.807, 2.05) is 30.3 Å². The second-order valence-corrected chi connectivity index (χ2v) is 4.73. The zero-order valence-corrected chi connectivity index (χ0v) is 11.8. The molecule has 0 unspecified atom stereocenters. The number of carbonyl (C=O) groups excluding carboxylic acids is 2. The van der Waals surface area contributed by atoms with Gasteiger partial charge in [-0.15, -0.1) is 0 Å². The summed E-state index contributed by atoms with van der Waals surface area (Å²) >= 11 is 0. The summed E-state index contributed by atoms with van der Waals surface area (Å²) in [7, 11) is 1.46. The largest absolute Gasteiger partial charge is 0.333 e. The lowest BCUT2D eigenvalue weighted by Gasteiger charge is -2.16. The van der Waals surface area contributed by atoms with Crippen LogP contribution in [-0.4, -0.2) is 23.8 Å². The molecule has 0 atom stereocenters. The minimum Gasteiger partial charge on any atom is -0.333 e. The molecule has 1 N–H and O–H groups in total. The van der Waals surface area contributed by atoms with E-state index in [0.29, 0.717) is 0 Å². The molecule has 0 fully saturated rings. The van der Waals surface area contributed by atoms with Crippen LogP contribution in [0, 0.1) is 11.6 Å². The van der Waals surface area contributed by atoms with Gasteiger partial charge < -0.3 is 10.2 Å². The van der Waals surface area contributed by atoms with Crippen molar-refractivity contribution in [2.75, 3.05) is 12.4 Å². The highest BCUT2D eigenvalue weighted by atomic mass is 19.1. The monoisotopic (exact) mass is 304 g/mol. The van der Waals surface area contributed by atoms with Gasteiger partial charge in [0.2, 0.25) is 0 Å². The Bertz CT molecular complexity index is 690. The summed E-state index contributed by atoms with van der Waals surface area (Å²) in [5.41, 5.74) is 0.481. The van der Waals surface area contributed by atoms with Crippen LogP contribution < -0.4 is 5.32 Å². The summed E-state index contributed by atoms with van der Waals surface area (Å²) in [4.78, 5) is 25.0. The van der Waals surface area contributed by atoms with Crippen molar-refractivity contribution in [3.63, 3.8) is 0 Å². The molecule has 0 heterocycles. The maximum Gasteiger partial charge on any atom is 0.313 e. The maximum absolute atomic E-state index is 13.4. The lowest BCUT2D eigenvalue weighted by atomic mass is 10.2. The van der Waals surface area contributed by atoms with Crippen LogP contribution in [0.25, 0.3) is 0 Å². The number of nitrogens with zero attached hydrogens (tertiary/aromatic N) is 1. The number of anilines is 1. The Labute approximate surface area is 126 Å². The van der Waals surface area contributed by atoms with Crippen molar-refractivity contribution < 1.29 is 18.4 Å². The average Bonchev–Trinajstić information content (AvgIpc) is 2.51. The Balaban J connectivity index is 2.02. The van der Waals surface area contributed by atoms with Crippen LogP contribution in [0.1, 0.15) is 5.56 Å². The van der Waals surface area contributed by atoms with E-state index in [1.165, 1.54) is 11.9 Å². The molecule has 0 radical (unpaired) electrons. The summed E-state index contributed by atoms with van der Waals surface area (Å²) in [5.74, 6) is -3.38. The Morgan fingerprint density at radius 2 is 1.77 bits per heavy atom. The normalized spacial score (nSPS) is 10.1. The van der Waals surface area contributed by atoms with Crippen molar-refractivity contribution in [2.24, 2.45) is 0 Å². The Morgan fingerprint density at radius 3 is 2.45 bits per heavy atom. The van der Waals surface area contributed by atoms with Gasteiger partial charge in [-0.3, -0.25) is 9.59 Å². The second-order valence-electron chi connectivity index (χ2n) is 4.73. The SMILES string of the molecule is CN(Cc1ccccc1)C(=O)C(=O)Nc1cc(F)ccc1F. The fraction of sp³-hybridized carbons (Fsp3) is 0.125. The first-order chi connectivity index (χ1) is 10.5. The molecule has 114 valence electrons. The molecule has 22 heavy (non-hydrogen) atoms. The van der Waals surface area contributed by atoms with E-state index in [0.717, 1.165) is 23.8 Å². The van der Waals surface area contributed by atoms with Gasteiger partial charge >= 0.3 is 11.8 Å². The van der Waals surface area contributed by atoms with Gasteiger partial charge in [-0.05, 0) is 17.7 Å². The number of hydrogen-bond acceptors (Lipinski definition) is 2. The van der Waals surface area contributed by atoms with Crippen molar-refractivity contribution in [1.29, 1.82) is 0 Å². The van der Waals surface area contributed by atoms with Gasteiger partial charge in [0.05, 0.1) is 5.69 Å². The van der Waals surface area contributed by atoms with Crippen LogP contribution in [0.5, 0.6) is 0 Å². The first-order valence-electron chi connectivity index (χ1n) is 6.53. The lowest BCUT2D eigenvalue weighted by Crippen LogP contribution is -2.36. The number of nitrogens with one attached hydrogen (secondary N) is 1. The van der Waals surface area contributed by atoms with Crippen LogP contribution in [0.3, 0.4) is 0 Å². The third-order valence-electron chi connectivity index (χ3n) is 2.98. The Kier molecular flexibility index (Phi) is 4.83. The average molecular weight is 304 g/mol. The molecule has 2 aromatic rings. The number of hydrogen-bond donors (Lipinski definition) is 1. The van der Waals surface area contributed by atoms with E-state index in [2.05, 4.69) is 5.32 Å². The van der Waals surface area contributed by atoms with E-state index in [4.69, 9.17) is 0 Å². The fourth-order valence-corrected chi connectivity index (χ4v) is 1.87. The number of likely N-dealkylation sites (N-methyl/N-ethyl adjacent to an activating group) is 1. The molecule has 0 aliphatic carbocycles. The smallest absolute Gasteiger partial charge is 0.313 e. The van der Waals surface area contributed by atoms with Crippen molar-refractivity contribution in [2.45, 2.75) is 6.54 Å². The number of carbonyl (C=O) groups is 2.